The zero-order valence-corrected chi connectivity index (χ0v) is 15.1. The maximum Gasteiger partial charge on any atom is 0.335 e. The molecule has 1 N–H and O–H groups in total. The van der Waals surface area contributed by atoms with Crippen LogP contribution in [0.1, 0.15) is 43.6 Å². The average Bonchev–Trinajstić information content (AvgIpc) is 3.38. The molecule has 1 amide bonds. The van der Waals surface area contributed by atoms with Gasteiger partial charge >= 0.3 is 5.97 Å². The summed E-state index contributed by atoms with van der Waals surface area (Å²) in [7, 11) is 0. The highest BCUT2D eigenvalue weighted by Gasteiger charge is 2.34. The molecule has 1 aliphatic heterocycles. The Morgan fingerprint density at radius 3 is 2.33 bits per heavy atom. The molecule has 1 unspecified atom stereocenters. The van der Waals surface area contributed by atoms with E-state index in [1.54, 1.807) is 47.7 Å². The van der Waals surface area contributed by atoms with Crippen molar-refractivity contribution < 1.29 is 14.7 Å². The zero-order chi connectivity index (χ0) is 18.8. The van der Waals surface area contributed by atoms with E-state index < -0.39 is 5.97 Å². The number of carboxylic acids is 1. The Kier molecular flexibility index (Phi) is 4.56. The van der Waals surface area contributed by atoms with E-state index in [1.807, 2.05) is 35.7 Å². The summed E-state index contributed by atoms with van der Waals surface area (Å²) in [6.45, 7) is 0. The van der Waals surface area contributed by atoms with Crippen molar-refractivity contribution in [2.75, 3.05) is 0 Å². The van der Waals surface area contributed by atoms with E-state index in [9.17, 15) is 9.59 Å². The van der Waals surface area contributed by atoms with Crippen molar-refractivity contribution in [3.05, 3.63) is 93.7 Å². The molecule has 0 spiro atoms. The third kappa shape index (κ3) is 3.39. The minimum atomic E-state index is -0.972. The fourth-order valence-corrected chi connectivity index (χ4v) is 3.83. The number of carboxylic acid groups (broad SMARTS) is 1. The van der Waals surface area contributed by atoms with Crippen molar-refractivity contribution in [2.45, 2.75) is 12.5 Å². The lowest BCUT2D eigenvalue weighted by Crippen LogP contribution is -2.27. The first kappa shape index (κ1) is 17.2. The van der Waals surface area contributed by atoms with Crippen LogP contribution >= 0.6 is 11.3 Å². The topological polar surface area (TPSA) is 70.0 Å². The largest absolute Gasteiger partial charge is 0.478 e. The van der Waals surface area contributed by atoms with Gasteiger partial charge < -0.3 is 5.11 Å². The SMILES string of the molecule is O=C(O)c1ccc(C2CC(c3cccs3)=NN2C(=O)c2ccccc2)cc1. The fraction of sp³-hybridized carbons (Fsp3) is 0.0952. The minimum Gasteiger partial charge on any atom is -0.478 e. The van der Waals surface area contributed by atoms with Crippen LogP contribution in [-0.4, -0.2) is 27.7 Å². The minimum absolute atomic E-state index is 0.172. The van der Waals surface area contributed by atoms with Crippen molar-refractivity contribution in [1.29, 1.82) is 0 Å². The van der Waals surface area contributed by atoms with E-state index in [0.717, 1.165) is 16.2 Å². The number of rotatable bonds is 4. The Hall–Kier alpha value is -3.25. The Balaban J connectivity index is 1.70. The summed E-state index contributed by atoms with van der Waals surface area (Å²) < 4.78 is 0. The monoisotopic (exact) mass is 376 g/mol. The Morgan fingerprint density at radius 1 is 0.963 bits per heavy atom. The van der Waals surface area contributed by atoms with Gasteiger partial charge in [0.05, 0.1) is 22.2 Å². The second-order valence-electron chi connectivity index (χ2n) is 6.19. The van der Waals surface area contributed by atoms with Crippen LogP contribution in [0.5, 0.6) is 0 Å². The summed E-state index contributed by atoms with van der Waals surface area (Å²) in [4.78, 5) is 25.2. The van der Waals surface area contributed by atoms with Crippen LogP contribution in [0, 0.1) is 0 Å². The van der Waals surface area contributed by atoms with Gasteiger partial charge in [0.15, 0.2) is 0 Å². The molecule has 0 fully saturated rings. The van der Waals surface area contributed by atoms with Crippen LogP contribution in [0.4, 0.5) is 0 Å². The van der Waals surface area contributed by atoms with E-state index in [2.05, 4.69) is 5.10 Å². The predicted octanol–water partition coefficient (Wildman–Crippen LogP) is 4.44. The number of aromatic carboxylic acids is 1. The summed E-state index contributed by atoms with van der Waals surface area (Å²) in [5.41, 5.74) is 2.51. The number of hydrazone groups is 1. The van der Waals surface area contributed by atoms with E-state index >= 15 is 0 Å². The molecular weight excluding hydrogens is 360 g/mol. The standard InChI is InChI=1S/C21H16N2O3S/c24-20(15-5-2-1-3-6-15)23-18(13-17(22-23)19-7-4-12-27-19)14-8-10-16(11-9-14)21(25)26/h1-12,18H,13H2,(H,25,26). The Morgan fingerprint density at radius 2 is 1.70 bits per heavy atom. The summed E-state index contributed by atoms with van der Waals surface area (Å²) in [5, 5.41) is 17.2. The van der Waals surface area contributed by atoms with Gasteiger partial charge in [-0.05, 0) is 41.3 Å². The third-order valence-corrected chi connectivity index (χ3v) is 5.41. The lowest BCUT2D eigenvalue weighted by Gasteiger charge is -2.22. The number of carbonyl (C=O) groups is 2. The average molecular weight is 376 g/mol. The van der Waals surface area contributed by atoms with Gasteiger partial charge in [0.25, 0.3) is 5.91 Å². The van der Waals surface area contributed by atoms with E-state index in [0.29, 0.717) is 12.0 Å². The number of carbonyl (C=O) groups excluding carboxylic acids is 1. The zero-order valence-electron chi connectivity index (χ0n) is 14.3. The molecule has 2 aromatic carbocycles. The van der Waals surface area contributed by atoms with Crippen molar-refractivity contribution in [3.63, 3.8) is 0 Å². The first-order valence-corrected chi connectivity index (χ1v) is 9.34. The molecule has 0 saturated carbocycles. The molecule has 134 valence electrons. The van der Waals surface area contributed by atoms with Gasteiger partial charge in [-0.2, -0.15) is 5.10 Å². The van der Waals surface area contributed by atoms with Gasteiger partial charge in [-0.3, -0.25) is 4.79 Å². The van der Waals surface area contributed by atoms with Crippen LogP contribution in [0.15, 0.2) is 77.2 Å². The molecule has 3 aromatic rings. The van der Waals surface area contributed by atoms with Crippen molar-refractivity contribution in [1.82, 2.24) is 5.01 Å². The molecule has 27 heavy (non-hydrogen) atoms. The molecule has 1 aliphatic rings. The van der Waals surface area contributed by atoms with Gasteiger partial charge in [0, 0.05) is 12.0 Å². The van der Waals surface area contributed by atoms with Gasteiger partial charge in [-0.15, -0.1) is 11.3 Å². The normalized spacial score (nSPS) is 16.2. The van der Waals surface area contributed by atoms with E-state index in [-0.39, 0.29) is 17.5 Å². The first-order valence-electron chi connectivity index (χ1n) is 8.46. The highest BCUT2D eigenvalue weighted by molar-refractivity contribution is 7.12. The molecule has 0 saturated heterocycles. The number of benzene rings is 2. The maximum atomic E-state index is 13.0. The smallest absolute Gasteiger partial charge is 0.335 e. The lowest BCUT2D eigenvalue weighted by molar-refractivity contribution is 0.0690. The molecule has 1 aromatic heterocycles. The van der Waals surface area contributed by atoms with Gasteiger partial charge in [0.1, 0.15) is 0 Å². The summed E-state index contributed by atoms with van der Waals surface area (Å²) >= 11 is 1.59. The third-order valence-electron chi connectivity index (χ3n) is 4.49. The second kappa shape index (κ2) is 7.17. The number of hydrogen-bond acceptors (Lipinski definition) is 4. The van der Waals surface area contributed by atoms with Crippen LogP contribution in [0.3, 0.4) is 0 Å². The molecule has 6 heteroatoms. The van der Waals surface area contributed by atoms with Crippen LogP contribution in [0.25, 0.3) is 0 Å². The molecule has 0 bridgehead atoms. The summed E-state index contributed by atoms with van der Waals surface area (Å²) in [6.07, 6.45) is 0.589. The molecular formula is C21H16N2O3S. The highest BCUT2D eigenvalue weighted by atomic mass is 32.1. The maximum absolute atomic E-state index is 13.0. The van der Waals surface area contributed by atoms with Crippen molar-refractivity contribution in [3.8, 4) is 0 Å². The van der Waals surface area contributed by atoms with Gasteiger partial charge in [-0.1, -0.05) is 36.4 Å². The fourth-order valence-electron chi connectivity index (χ4n) is 3.11. The molecule has 4 rings (SSSR count). The Bertz CT molecular complexity index is 996. The molecule has 1 atom stereocenters. The van der Waals surface area contributed by atoms with Crippen molar-refractivity contribution in [2.24, 2.45) is 5.10 Å². The molecule has 0 radical (unpaired) electrons. The van der Waals surface area contributed by atoms with Gasteiger partial charge in [-0.25, -0.2) is 9.80 Å². The van der Waals surface area contributed by atoms with Crippen LogP contribution < -0.4 is 0 Å². The molecule has 0 aliphatic carbocycles. The predicted molar refractivity (Wildman–Crippen MR) is 104 cm³/mol. The lowest BCUT2D eigenvalue weighted by atomic mass is 9.99. The molecule has 2 heterocycles. The van der Waals surface area contributed by atoms with E-state index in [4.69, 9.17) is 5.11 Å². The second-order valence-corrected chi connectivity index (χ2v) is 7.13. The number of nitrogens with zero attached hydrogens (tertiary/aromatic N) is 2. The number of amides is 1. The van der Waals surface area contributed by atoms with Crippen LogP contribution in [0.2, 0.25) is 0 Å². The quantitative estimate of drug-likeness (QED) is 0.732. The Labute approximate surface area is 160 Å². The highest BCUT2D eigenvalue weighted by Crippen LogP contribution is 2.35. The van der Waals surface area contributed by atoms with Crippen molar-refractivity contribution >= 4 is 28.9 Å². The van der Waals surface area contributed by atoms with Gasteiger partial charge in [0.2, 0.25) is 0 Å². The van der Waals surface area contributed by atoms with E-state index in [1.165, 1.54) is 5.01 Å². The molecule has 5 nitrogen and oxygen atoms in total. The number of hydrogen-bond donors (Lipinski definition) is 1. The number of thiophene rings is 1. The summed E-state index contributed by atoms with van der Waals surface area (Å²) in [5.74, 6) is -1.14. The van der Waals surface area contributed by atoms with Crippen LogP contribution in [-0.2, 0) is 0 Å². The first-order chi connectivity index (χ1) is 13.1. The summed E-state index contributed by atoms with van der Waals surface area (Å²) in [6, 6.07) is 19.4.